The summed E-state index contributed by atoms with van der Waals surface area (Å²) in [6, 6.07) is 3.30. The molecule has 1 rings (SSSR count). The monoisotopic (exact) mass is 412 g/mol. The Bertz CT molecular complexity index is 532. The molecule has 0 saturated carbocycles. The Morgan fingerprint density at radius 3 is 2.32 bits per heavy atom. The fourth-order valence-electron chi connectivity index (χ4n) is 1.38. The summed E-state index contributed by atoms with van der Waals surface area (Å²) in [7, 11) is -2.95. The van der Waals surface area contributed by atoms with Gasteiger partial charge in [0.2, 0.25) is 0 Å². The quantitative estimate of drug-likeness (QED) is 0.508. The van der Waals surface area contributed by atoms with Crippen LogP contribution >= 0.6 is 31.9 Å². The molecule has 19 heavy (non-hydrogen) atoms. The highest BCUT2D eigenvalue weighted by molar-refractivity contribution is 9.11. The SMILES string of the molecule is CCS(=O)(=O)CCCOc1c(Br)cc(C=O)cc1Br. The van der Waals surface area contributed by atoms with E-state index in [4.69, 9.17) is 4.74 Å². The topological polar surface area (TPSA) is 60.4 Å². The molecule has 0 fully saturated rings. The molecule has 4 nitrogen and oxygen atoms in total. The molecule has 1 aromatic rings. The van der Waals surface area contributed by atoms with Crippen LogP contribution in [0.4, 0.5) is 0 Å². The summed E-state index contributed by atoms with van der Waals surface area (Å²) in [6.45, 7) is 1.93. The van der Waals surface area contributed by atoms with E-state index in [-0.39, 0.29) is 11.5 Å². The lowest BCUT2D eigenvalue weighted by molar-refractivity contribution is 0.112. The van der Waals surface area contributed by atoms with E-state index in [0.29, 0.717) is 33.3 Å². The van der Waals surface area contributed by atoms with E-state index in [1.165, 1.54) is 0 Å². The zero-order valence-electron chi connectivity index (χ0n) is 10.4. The lowest BCUT2D eigenvalue weighted by Gasteiger charge is -2.10. The molecule has 7 heteroatoms. The van der Waals surface area contributed by atoms with Crippen molar-refractivity contribution in [2.24, 2.45) is 0 Å². The minimum Gasteiger partial charge on any atom is -0.491 e. The summed E-state index contributed by atoms with van der Waals surface area (Å²) in [5.41, 5.74) is 0.527. The van der Waals surface area contributed by atoms with Gasteiger partial charge in [-0.1, -0.05) is 6.92 Å². The van der Waals surface area contributed by atoms with E-state index in [2.05, 4.69) is 31.9 Å². The largest absolute Gasteiger partial charge is 0.491 e. The predicted molar refractivity (Wildman–Crippen MR) is 81.7 cm³/mol. The van der Waals surface area contributed by atoms with Crippen LogP contribution in [0.15, 0.2) is 21.1 Å². The molecule has 0 aliphatic heterocycles. The lowest BCUT2D eigenvalue weighted by Crippen LogP contribution is -2.12. The van der Waals surface area contributed by atoms with Gasteiger partial charge in [0, 0.05) is 11.3 Å². The molecule has 0 aliphatic carbocycles. The highest BCUT2D eigenvalue weighted by atomic mass is 79.9. The van der Waals surface area contributed by atoms with Gasteiger partial charge in [-0.3, -0.25) is 4.79 Å². The normalized spacial score (nSPS) is 11.3. The first-order valence-electron chi connectivity index (χ1n) is 5.67. The van der Waals surface area contributed by atoms with Crippen molar-refractivity contribution in [3.8, 4) is 5.75 Å². The summed E-state index contributed by atoms with van der Waals surface area (Å²) in [5.74, 6) is 0.832. The van der Waals surface area contributed by atoms with Gasteiger partial charge in [-0.15, -0.1) is 0 Å². The molecular weight excluding hydrogens is 400 g/mol. The second kappa shape index (κ2) is 7.40. The van der Waals surface area contributed by atoms with Crippen molar-refractivity contribution < 1.29 is 17.9 Å². The third kappa shape index (κ3) is 5.24. The molecule has 0 heterocycles. The third-order valence-electron chi connectivity index (χ3n) is 2.44. The van der Waals surface area contributed by atoms with E-state index in [9.17, 15) is 13.2 Å². The van der Waals surface area contributed by atoms with Crippen LogP contribution < -0.4 is 4.74 Å². The van der Waals surface area contributed by atoms with Crippen LogP contribution in [0.2, 0.25) is 0 Å². The molecule has 0 aromatic heterocycles. The molecule has 0 spiro atoms. The molecule has 0 amide bonds. The number of benzene rings is 1. The predicted octanol–water partition coefficient (Wildman–Crippen LogP) is 3.23. The van der Waals surface area contributed by atoms with E-state index in [1.54, 1.807) is 19.1 Å². The first-order chi connectivity index (χ1) is 8.89. The average Bonchev–Trinajstić information content (AvgIpc) is 2.36. The molecule has 0 saturated heterocycles. The van der Waals surface area contributed by atoms with Crippen molar-refractivity contribution in [1.82, 2.24) is 0 Å². The van der Waals surface area contributed by atoms with Crippen LogP contribution in [0, 0.1) is 0 Å². The number of aldehydes is 1. The lowest BCUT2D eigenvalue weighted by atomic mass is 10.2. The number of carbonyl (C=O) groups is 1. The first kappa shape index (κ1) is 16.7. The van der Waals surface area contributed by atoms with Crippen LogP contribution in [-0.4, -0.2) is 32.8 Å². The van der Waals surface area contributed by atoms with Crippen LogP contribution in [0.1, 0.15) is 23.7 Å². The van der Waals surface area contributed by atoms with E-state index < -0.39 is 9.84 Å². The Balaban J connectivity index is 2.62. The summed E-state index contributed by atoms with van der Waals surface area (Å²) in [5, 5.41) is 0. The second-order valence-corrected chi connectivity index (χ2v) is 8.05. The van der Waals surface area contributed by atoms with Gasteiger partial charge >= 0.3 is 0 Å². The van der Waals surface area contributed by atoms with Gasteiger partial charge < -0.3 is 4.74 Å². The summed E-state index contributed by atoms with van der Waals surface area (Å²) in [6.07, 6.45) is 1.18. The Kier molecular flexibility index (Phi) is 6.49. The Labute approximate surface area is 129 Å². The number of hydrogen-bond acceptors (Lipinski definition) is 4. The highest BCUT2D eigenvalue weighted by Gasteiger charge is 2.10. The average molecular weight is 414 g/mol. The number of rotatable bonds is 7. The zero-order chi connectivity index (χ0) is 14.5. The smallest absolute Gasteiger partial charge is 0.150 e. The second-order valence-electron chi connectivity index (χ2n) is 3.87. The van der Waals surface area contributed by atoms with E-state index in [0.717, 1.165) is 6.29 Å². The maximum atomic E-state index is 11.3. The van der Waals surface area contributed by atoms with Crippen LogP contribution in [-0.2, 0) is 9.84 Å². The number of sulfone groups is 1. The van der Waals surface area contributed by atoms with Crippen molar-refractivity contribution in [3.63, 3.8) is 0 Å². The van der Waals surface area contributed by atoms with Gasteiger partial charge in [0.25, 0.3) is 0 Å². The van der Waals surface area contributed by atoms with Gasteiger partial charge in [0.1, 0.15) is 21.9 Å². The number of hydrogen-bond donors (Lipinski definition) is 0. The van der Waals surface area contributed by atoms with Crippen molar-refractivity contribution in [1.29, 1.82) is 0 Å². The van der Waals surface area contributed by atoms with Gasteiger partial charge in [0.05, 0.1) is 21.3 Å². The van der Waals surface area contributed by atoms with Crippen molar-refractivity contribution in [2.75, 3.05) is 18.1 Å². The van der Waals surface area contributed by atoms with Crippen LogP contribution in [0.25, 0.3) is 0 Å². The van der Waals surface area contributed by atoms with Crippen LogP contribution in [0.3, 0.4) is 0 Å². The maximum absolute atomic E-state index is 11.3. The van der Waals surface area contributed by atoms with Gasteiger partial charge in [-0.25, -0.2) is 8.42 Å². The third-order valence-corrected chi connectivity index (χ3v) is 5.41. The Morgan fingerprint density at radius 2 is 1.84 bits per heavy atom. The minimum atomic E-state index is -2.95. The molecule has 0 aliphatic rings. The molecule has 1 aromatic carbocycles. The molecule has 0 bridgehead atoms. The van der Waals surface area contributed by atoms with Crippen LogP contribution in [0.5, 0.6) is 5.75 Å². The Hall–Kier alpha value is -0.400. The van der Waals surface area contributed by atoms with Crippen molar-refractivity contribution >= 4 is 48.0 Å². The zero-order valence-corrected chi connectivity index (χ0v) is 14.3. The highest BCUT2D eigenvalue weighted by Crippen LogP contribution is 2.34. The van der Waals surface area contributed by atoms with E-state index >= 15 is 0 Å². The van der Waals surface area contributed by atoms with Gasteiger partial charge in [-0.2, -0.15) is 0 Å². The fraction of sp³-hybridized carbons (Fsp3) is 0.417. The van der Waals surface area contributed by atoms with Gasteiger partial charge in [0.15, 0.2) is 0 Å². The molecular formula is C12H14Br2O4S. The molecule has 0 unspecified atom stereocenters. The standard InChI is InChI=1S/C12H14Br2O4S/c1-2-19(16,17)5-3-4-18-12-10(13)6-9(8-15)7-11(12)14/h6-8H,2-5H2,1H3. The van der Waals surface area contributed by atoms with E-state index in [1.807, 2.05) is 0 Å². The minimum absolute atomic E-state index is 0.116. The molecule has 0 atom stereocenters. The number of carbonyl (C=O) groups excluding carboxylic acids is 1. The van der Waals surface area contributed by atoms with Crippen molar-refractivity contribution in [2.45, 2.75) is 13.3 Å². The van der Waals surface area contributed by atoms with Crippen molar-refractivity contribution in [3.05, 3.63) is 26.6 Å². The molecule has 0 N–H and O–H groups in total. The Morgan fingerprint density at radius 1 is 1.26 bits per heavy atom. The summed E-state index contributed by atoms with van der Waals surface area (Å²) < 4.78 is 29.5. The van der Waals surface area contributed by atoms with Gasteiger partial charge in [-0.05, 0) is 50.4 Å². The maximum Gasteiger partial charge on any atom is 0.150 e. The fourth-order valence-corrected chi connectivity index (χ4v) is 3.68. The summed E-state index contributed by atoms with van der Waals surface area (Å²) >= 11 is 6.62. The summed E-state index contributed by atoms with van der Waals surface area (Å²) in [4.78, 5) is 10.7. The molecule has 106 valence electrons. The number of halogens is 2. The first-order valence-corrected chi connectivity index (χ1v) is 9.07. The number of ether oxygens (including phenoxy) is 1. The molecule has 0 radical (unpaired) electrons.